The third-order valence-corrected chi connectivity index (χ3v) is 2.94. The molecule has 4 N–H and O–H groups in total. The molecule has 6 nitrogen and oxygen atoms in total. The summed E-state index contributed by atoms with van der Waals surface area (Å²) in [6.07, 6.45) is 1.09. The molecule has 1 heterocycles. The first-order valence-corrected chi connectivity index (χ1v) is 7.50. The highest BCUT2D eigenvalue weighted by Gasteiger charge is 2.18. The highest BCUT2D eigenvalue weighted by atomic mass is 16.5. The van der Waals surface area contributed by atoms with E-state index in [1.54, 1.807) is 6.07 Å². The Morgan fingerprint density at radius 3 is 2.43 bits per heavy atom. The predicted octanol–water partition coefficient (Wildman–Crippen LogP) is 2.53. The van der Waals surface area contributed by atoms with Gasteiger partial charge in [-0.25, -0.2) is 15.8 Å². The molecule has 0 aliphatic carbocycles. The smallest absolute Gasteiger partial charge is 0.145 e. The van der Waals surface area contributed by atoms with Crippen molar-refractivity contribution in [2.75, 3.05) is 30.5 Å². The molecule has 0 atom stereocenters. The van der Waals surface area contributed by atoms with Gasteiger partial charge < -0.3 is 15.5 Å². The third-order valence-electron chi connectivity index (χ3n) is 2.94. The van der Waals surface area contributed by atoms with Crippen molar-refractivity contribution in [3.05, 3.63) is 11.9 Å². The molecule has 0 fully saturated rings. The number of anilines is 2. The predicted molar refractivity (Wildman–Crippen MR) is 87.3 cm³/mol. The molecule has 0 saturated heterocycles. The lowest BCUT2D eigenvalue weighted by Crippen LogP contribution is -2.20. The third kappa shape index (κ3) is 6.73. The summed E-state index contributed by atoms with van der Waals surface area (Å²) in [5.41, 5.74) is 2.45. The molecule has 0 unspecified atom stereocenters. The average Bonchev–Trinajstić information content (AvgIpc) is 2.41. The van der Waals surface area contributed by atoms with E-state index < -0.39 is 0 Å². The van der Waals surface area contributed by atoms with Crippen LogP contribution in [0.2, 0.25) is 0 Å². The van der Waals surface area contributed by atoms with Gasteiger partial charge in [0.15, 0.2) is 0 Å². The van der Waals surface area contributed by atoms with Crippen molar-refractivity contribution < 1.29 is 4.74 Å². The first-order chi connectivity index (χ1) is 9.82. The van der Waals surface area contributed by atoms with Crippen molar-refractivity contribution in [3.8, 4) is 0 Å². The van der Waals surface area contributed by atoms with Crippen LogP contribution in [0.25, 0.3) is 0 Å². The lowest BCUT2D eigenvalue weighted by atomic mass is 9.96. The maximum atomic E-state index is 5.57. The SMILES string of the molecule is CC(C)CCOCCNc1cc(NN)nc(C(C)(C)C)n1. The molecular weight excluding hydrogens is 266 g/mol. The van der Waals surface area contributed by atoms with Gasteiger partial charge >= 0.3 is 0 Å². The monoisotopic (exact) mass is 295 g/mol. The first-order valence-electron chi connectivity index (χ1n) is 7.50. The number of nitrogens with zero attached hydrogens (tertiary/aromatic N) is 2. The molecule has 0 aliphatic rings. The summed E-state index contributed by atoms with van der Waals surface area (Å²) in [6.45, 7) is 12.8. The van der Waals surface area contributed by atoms with Crippen molar-refractivity contribution in [1.29, 1.82) is 0 Å². The zero-order valence-electron chi connectivity index (χ0n) is 13.9. The van der Waals surface area contributed by atoms with Gasteiger partial charge in [0.2, 0.25) is 0 Å². The molecule has 21 heavy (non-hydrogen) atoms. The summed E-state index contributed by atoms with van der Waals surface area (Å²) < 4.78 is 5.57. The Labute approximate surface area is 127 Å². The second-order valence-electron chi connectivity index (χ2n) is 6.58. The van der Waals surface area contributed by atoms with Gasteiger partial charge in [0.25, 0.3) is 0 Å². The van der Waals surface area contributed by atoms with Gasteiger partial charge in [0, 0.05) is 24.6 Å². The Morgan fingerprint density at radius 2 is 1.86 bits per heavy atom. The van der Waals surface area contributed by atoms with Crippen molar-refractivity contribution in [2.24, 2.45) is 11.8 Å². The minimum Gasteiger partial charge on any atom is -0.380 e. The number of hydrogen-bond acceptors (Lipinski definition) is 6. The number of aromatic nitrogens is 2. The molecule has 0 aromatic carbocycles. The van der Waals surface area contributed by atoms with E-state index >= 15 is 0 Å². The number of nitrogen functional groups attached to an aromatic ring is 1. The summed E-state index contributed by atoms with van der Waals surface area (Å²) in [6, 6.07) is 1.79. The van der Waals surface area contributed by atoms with Crippen LogP contribution in [0.3, 0.4) is 0 Å². The van der Waals surface area contributed by atoms with E-state index in [4.69, 9.17) is 10.6 Å². The Kier molecular flexibility index (Phi) is 6.84. The molecule has 0 aliphatic heterocycles. The molecule has 0 radical (unpaired) electrons. The Hall–Kier alpha value is -1.40. The Balaban J connectivity index is 2.51. The molecule has 0 bridgehead atoms. The van der Waals surface area contributed by atoms with Gasteiger partial charge in [-0.05, 0) is 12.3 Å². The molecular formula is C15H29N5O. The fourth-order valence-corrected chi connectivity index (χ4v) is 1.62. The Morgan fingerprint density at radius 1 is 1.19 bits per heavy atom. The summed E-state index contributed by atoms with van der Waals surface area (Å²) in [5, 5.41) is 3.25. The average molecular weight is 295 g/mol. The largest absolute Gasteiger partial charge is 0.380 e. The van der Waals surface area contributed by atoms with E-state index in [0.29, 0.717) is 24.9 Å². The lowest BCUT2D eigenvalue weighted by Gasteiger charge is -2.18. The van der Waals surface area contributed by atoms with Crippen LogP contribution in [0.4, 0.5) is 11.6 Å². The summed E-state index contributed by atoms with van der Waals surface area (Å²) in [7, 11) is 0. The summed E-state index contributed by atoms with van der Waals surface area (Å²) >= 11 is 0. The minimum atomic E-state index is -0.128. The molecule has 6 heteroatoms. The van der Waals surface area contributed by atoms with Crippen molar-refractivity contribution in [2.45, 2.75) is 46.5 Å². The Bertz CT molecular complexity index is 429. The second-order valence-corrected chi connectivity index (χ2v) is 6.58. The van der Waals surface area contributed by atoms with Gasteiger partial charge in [-0.15, -0.1) is 0 Å². The molecule has 0 spiro atoms. The van der Waals surface area contributed by atoms with E-state index in [-0.39, 0.29) is 5.41 Å². The van der Waals surface area contributed by atoms with E-state index in [2.05, 4.69) is 55.3 Å². The van der Waals surface area contributed by atoms with Crippen LogP contribution in [0, 0.1) is 5.92 Å². The molecule has 0 saturated carbocycles. The molecule has 1 aromatic rings. The lowest BCUT2D eigenvalue weighted by molar-refractivity contribution is 0.132. The first kappa shape index (κ1) is 17.7. The van der Waals surface area contributed by atoms with Crippen LogP contribution >= 0.6 is 0 Å². The zero-order chi connectivity index (χ0) is 15.9. The van der Waals surface area contributed by atoms with Gasteiger partial charge in [-0.2, -0.15) is 0 Å². The topological polar surface area (TPSA) is 85.1 Å². The van der Waals surface area contributed by atoms with E-state index in [1.807, 2.05) is 0 Å². The zero-order valence-corrected chi connectivity index (χ0v) is 13.9. The fraction of sp³-hybridized carbons (Fsp3) is 0.733. The van der Waals surface area contributed by atoms with Crippen LogP contribution in [0.15, 0.2) is 6.07 Å². The number of nitrogens with one attached hydrogen (secondary N) is 2. The van der Waals surface area contributed by atoms with Crippen LogP contribution < -0.4 is 16.6 Å². The van der Waals surface area contributed by atoms with Gasteiger partial charge in [0.1, 0.15) is 17.5 Å². The maximum Gasteiger partial charge on any atom is 0.145 e. The van der Waals surface area contributed by atoms with Gasteiger partial charge in [-0.1, -0.05) is 34.6 Å². The van der Waals surface area contributed by atoms with Crippen molar-refractivity contribution >= 4 is 11.6 Å². The van der Waals surface area contributed by atoms with Crippen LogP contribution in [0.5, 0.6) is 0 Å². The molecule has 1 aromatic heterocycles. The molecule has 120 valence electrons. The maximum absolute atomic E-state index is 5.57. The number of rotatable bonds is 8. The summed E-state index contributed by atoms with van der Waals surface area (Å²) in [4.78, 5) is 8.91. The number of ether oxygens (including phenoxy) is 1. The normalized spacial score (nSPS) is 11.8. The summed E-state index contributed by atoms with van der Waals surface area (Å²) in [5.74, 6) is 8.25. The van der Waals surface area contributed by atoms with Crippen LogP contribution in [-0.2, 0) is 10.2 Å². The van der Waals surface area contributed by atoms with Gasteiger partial charge in [-0.3, -0.25) is 0 Å². The number of nitrogens with two attached hydrogens (primary N) is 1. The van der Waals surface area contributed by atoms with E-state index in [0.717, 1.165) is 24.7 Å². The van der Waals surface area contributed by atoms with E-state index in [1.165, 1.54) is 0 Å². The van der Waals surface area contributed by atoms with Crippen LogP contribution in [0.1, 0.15) is 46.9 Å². The molecule has 0 amide bonds. The minimum absolute atomic E-state index is 0.128. The highest BCUT2D eigenvalue weighted by Crippen LogP contribution is 2.21. The quantitative estimate of drug-likeness (QED) is 0.388. The second kappa shape index (κ2) is 8.14. The van der Waals surface area contributed by atoms with Crippen LogP contribution in [-0.4, -0.2) is 29.7 Å². The van der Waals surface area contributed by atoms with Crippen molar-refractivity contribution in [3.63, 3.8) is 0 Å². The van der Waals surface area contributed by atoms with Gasteiger partial charge in [0.05, 0.1) is 6.61 Å². The fourth-order valence-electron chi connectivity index (χ4n) is 1.62. The highest BCUT2D eigenvalue weighted by molar-refractivity contribution is 5.47. The number of hydrazine groups is 1. The standard InChI is InChI=1S/C15H29N5O/c1-11(2)6-8-21-9-7-17-12-10-13(20-16)19-14(18-12)15(3,4)5/h10-11H,6-9,16H2,1-5H3,(H2,17,18,19,20). The molecule has 1 rings (SSSR count). The van der Waals surface area contributed by atoms with E-state index in [9.17, 15) is 0 Å². The van der Waals surface area contributed by atoms with Crippen molar-refractivity contribution in [1.82, 2.24) is 9.97 Å². The number of hydrogen-bond donors (Lipinski definition) is 3.